The van der Waals surface area contributed by atoms with Gasteiger partial charge in [0.1, 0.15) is 5.78 Å². The molecule has 0 fully saturated rings. The predicted octanol–water partition coefficient (Wildman–Crippen LogP) is 1.47. The maximum absolute atomic E-state index is 11.0. The second-order valence-electron chi connectivity index (χ2n) is 2.47. The van der Waals surface area contributed by atoms with E-state index in [4.69, 9.17) is 0 Å². The lowest BCUT2D eigenvalue weighted by Gasteiger charge is -2.02. The van der Waals surface area contributed by atoms with E-state index in [1.807, 2.05) is 20.1 Å². The molecule has 0 spiro atoms. The number of hydrogen-bond acceptors (Lipinski definition) is 3. The minimum absolute atomic E-state index is 0.184. The molecular weight excluding hydrogens is 146 g/mol. The first-order valence-electron chi connectivity index (χ1n) is 3.47. The van der Waals surface area contributed by atoms with Crippen molar-refractivity contribution < 1.29 is 4.79 Å². The largest absolute Gasteiger partial charge is 0.299 e. The van der Waals surface area contributed by atoms with Crippen LogP contribution in [-0.4, -0.2) is 18.6 Å². The molecule has 0 bridgehead atoms. The van der Waals surface area contributed by atoms with E-state index >= 15 is 0 Å². The van der Waals surface area contributed by atoms with E-state index in [0.717, 1.165) is 6.54 Å². The first kappa shape index (κ1) is 9.98. The topological polar surface area (TPSA) is 29.1 Å². The standard InChI is InChI=1S/C7H15NOS/c1-6(2)7(9)4-5-8-10-3/h6,8H,4-5H2,1-3H3. The molecule has 10 heavy (non-hydrogen) atoms. The Bertz CT molecular complexity index is 104. The van der Waals surface area contributed by atoms with E-state index in [9.17, 15) is 4.79 Å². The summed E-state index contributed by atoms with van der Waals surface area (Å²) in [6.45, 7) is 4.65. The monoisotopic (exact) mass is 161 g/mol. The molecule has 0 aliphatic carbocycles. The lowest BCUT2D eigenvalue weighted by Crippen LogP contribution is -2.14. The van der Waals surface area contributed by atoms with Crippen LogP contribution in [0.4, 0.5) is 0 Å². The first-order valence-corrected chi connectivity index (χ1v) is 4.69. The van der Waals surface area contributed by atoms with Crippen LogP contribution in [0.2, 0.25) is 0 Å². The van der Waals surface area contributed by atoms with E-state index in [2.05, 4.69) is 4.72 Å². The first-order chi connectivity index (χ1) is 4.68. The van der Waals surface area contributed by atoms with Gasteiger partial charge in [-0.05, 0) is 6.26 Å². The van der Waals surface area contributed by atoms with Gasteiger partial charge in [0.15, 0.2) is 0 Å². The number of hydrogen-bond donors (Lipinski definition) is 1. The fourth-order valence-electron chi connectivity index (χ4n) is 0.565. The Morgan fingerprint density at radius 2 is 2.20 bits per heavy atom. The fourth-order valence-corrected chi connectivity index (χ4v) is 0.871. The number of ketones is 1. The van der Waals surface area contributed by atoms with Crippen molar-refractivity contribution in [3.05, 3.63) is 0 Å². The van der Waals surface area contributed by atoms with Gasteiger partial charge in [-0.25, -0.2) is 0 Å². The van der Waals surface area contributed by atoms with Crippen LogP contribution in [-0.2, 0) is 4.79 Å². The van der Waals surface area contributed by atoms with Gasteiger partial charge >= 0.3 is 0 Å². The van der Waals surface area contributed by atoms with Crippen LogP contribution in [0.1, 0.15) is 20.3 Å². The highest BCUT2D eigenvalue weighted by atomic mass is 32.2. The van der Waals surface area contributed by atoms with Gasteiger partial charge in [0.25, 0.3) is 0 Å². The van der Waals surface area contributed by atoms with Gasteiger partial charge in [-0.1, -0.05) is 25.8 Å². The second-order valence-corrected chi connectivity index (χ2v) is 3.17. The lowest BCUT2D eigenvalue weighted by molar-refractivity contribution is -0.121. The van der Waals surface area contributed by atoms with Gasteiger partial charge < -0.3 is 0 Å². The van der Waals surface area contributed by atoms with Crippen LogP contribution >= 0.6 is 11.9 Å². The maximum Gasteiger partial charge on any atom is 0.136 e. The van der Waals surface area contributed by atoms with Gasteiger partial charge in [-0.3, -0.25) is 9.52 Å². The third-order valence-electron chi connectivity index (χ3n) is 1.26. The molecule has 0 aromatic rings. The summed E-state index contributed by atoms with van der Waals surface area (Å²) in [5.74, 6) is 0.519. The second kappa shape index (κ2) is 5.74. The highest BCUT2D eigenvalue weighted by Gasteiger charge is 2.04. The molecule has 0 heterocycles. The molecule has 0 aliphatic heterocycles. The number of carbonyl (C=O) groups excluding carboxylic acids is 1. The van der Waals surface area contributed by atoms with Crippen LogP contribution < -0.4 is 4.72 Å². The van der Waals surface area contributed by atoms with Crippen molar-refractivity contribution in [2.45, 2.75) is 20.3 Å². The van der Waals surface area contributed by atoms with E-state index in [-0.39, 0.29) is 5.92 Å². The number of carbonyl (C=O) groups is 1. The average Bonchev–Trinajstić information content (AvgIpc) is 1.88. The Hall–Kier alpha value is -0.0200. The van der Waals surface area contributed by atoms with Crippen LogP contribution in [0, 0.1) is 5.92 Å². The molecule has 0 saturated carbocycles. The van der Waals surface area contributed by atoms with Gasteiger partial charge in [-0.15, -0.1) is 0 Å². The van der Waals surface area contributed by atoms with Gasteiger partial charge in [0.05, 0.1) is 0 Å². The molecule has 0 atom stereocenters. The molecule has 60 valence electrons. The number of rotatable bonds is 5. The Labute approximate surface area is 66.9 Å². The quantitative estimate of drug-likeness (QED) is 0.489. The minimum Gasteiger partial charge on any atom is -0.299 e. The van der Waals surface area contributed by atoms with E-state index in [1.165, 1.54) is 0 Å². The molecule has 1 N–H and O–H groups in total. The molecular formula is C7H15NOS. The third-order valence-corrected chi connectivity index (χ3v) is 1.75. The van der Waals surface area contributed by atoms with Gasteiger partial charge in [0.2, 0.25) is 0 Å². The third kappa shape index (κ3) is 4.82. The molecule has 2 nitrogen and oxygen atoms in total. The Balaban J connectivity index is 3.22. The van der Waals surface area contributed by atoms with E-state index < -0.39 is 0 Å². The summed E-state index contributed by atoms with van der Waals surface area (Å²) in [4.78, 5) is 11.0. The SMILES string of the molecule is CSNCCC(=O)C(C)C. The summed E-state index contributed by atoms with van der Waals surface area (Å²) in [7, 11) is 0. The van der Waals surface area contributed by atoms with E-state index in [1.54, 1.807) is 11.9 Å². The fraction of sp³-hybridized carbons (Fsp3) is 0.857. The number of nitrogens with one attached hydrogen (secondary N) is 1. The van der Waals surface area contributed by atoms with Crippen molar-refractivity contribution in [3.8, 4) is 0 Å². The molecule has 0 aromatic carbocycles. The van der Waals surface area contributed by atoms with Crippen molar-refractivity contribution in [2.24, 2.45) is 5.92 Å². The zero-order valence-electron chi connectivity index (χ0n) is 6.81. The Morgan fingerprint density at radius 1 is 1.60 bits per heavy atom. The smallest absolute Gasteiger partial charge is 0.136 e. The summed E-state index contributed by atoms with van der Waals surface area (Å²) in [6.07, 6.45) is 2.61. The summed E-state index contributed by atoms with van der Waals surface area (Å²) < 4.78 is 3.03. The van der Waals surface area contributed by atoms with Crippen LogP contribution in [0.5, 0.6) is 0 Å². The van der Waals surface area contributed by atoms with Gasteiger partial charge in [-0.2, -0.15) is 0 Å². The zero-order chi connectivity index (χ0) is 7.98. The summed E-state index contributed by atoms with van der Waals surface area (Å²) in [5.41, 5.74) is 0. The van der Waals surface area contributed by atoms with Crippen molar-refractivity contribution in [1.82, 2.24) is 4.72 Å². The molecule has 3 heteroatoms. The molecule has 0 rings (SSSR count). The van der Waals surface area contributed by atoms with Crippen molar-refractivity contribution >= 4 is 17.7 Å². The maximum atomic E-state index is 11.0. The van der Waals surface area contributed by atoms with Crippen LogP contribution in [0.15, 0.2) is 0 Å². The van der Waals surface area contributed by atoms with E-state index in [0.29, 0.717) is 12.2 Å². The summed E-state index contributed by atoms with van der Waals surface area (Å²) in [5, 5.41) is 0. The van der Waals surface area contributed by atoms with Gasteiger partial charge in [0, 0.05) is 18.9 Å². The van der Waals surface area contributed by atoms with Crippen molar-refractivity contribution in [2.75, 3.05) is 12.8 Å². The minimum atomic E-state index is 0.184. The Morgan fingerprint density at radius 3 is 2.60 bits per heavy atom. The lowest BCUT2D eigenvalue weighted by atomic mass is 10.1. The Kier molecular flexibility index (Phi) is 5.73. The summed E-state index contributed by atoms with van der Waals surface area (Å²) >= 11 is 1.55. The molecule has 0 unspecified atom stereocenters. The van der Waals surface area contributed by atoms with Crippen LogP contribution in [0.25, 0.3) is 0 Å². The van der Waals surface area contributed by atoms with Crippen LogP contribution in [0.3, 0.4) is 0 Å². The average molecular weight is 161 g/mol. The normalized spacial score (nSPS) is 10.4. The highest BCUT2D eigenvalue weighted by Crippen LogP contribution is 1.97. The molecule has 0 aromatic heterocycles. The molecule has 0 radical (unpaired) electrons. The molecule has 0 aliphatic rings. The van der Waals surface area contributed by atoms with Crippen molar-refractivity contribution in [3.63, 3.8) is 0 Å². The number of Topliss-reactive ketones (excluding diaryl/α,β-unsaturated/α-hetero) is 1. The molecule has 0 saturated heterocycles. The highest BCUT2D eigenvalue weighted by molar-refractivity contribution is 7.96. The van der Waals surface area contributed by atoms with Crippen molar-refractivity contribution in [1.29, 1.82) is 0 Å². The zero-order valence-corrected chi connectivity index (χ0v) is 7.62. The molecule has 0 amide bonds. The predicted molar refractivity (Wildman–Crippen MR) is 46.0 cm³/mol. The summed E-state index contributed by atoms with van der Waals surface area (Å²) in [6, 6.07) is 0.